The summed E-state index contributed by atoms with van der Waals surface area (Å²) in [5.41, 5.74) is 2.83. The fourth-order valence-corrected chi connectivity index (χ4v) is 7.26. The first-order valence-corrected chi connectivity index (χ1v) is 19.9. The molecule has 310 valence electrons. The van der Waals surface area contributed by atoms with E-state index in [0.717, 1.165) is 13.2 Å². The topological polar surface area (TPSA) is 187 Å². The molecule has 9 rings (SSSR count). The number of aliphatic hydroxyl groups excluding tert-OH is 2. The second kappa shape index (κ2) is 21.5. The van der Waals surface area contributed by atoms with Gasteiger partial charge in [0.05, 0.1) is 17.5 Å². The Balaban J connectivity index is 0.000000197. The summed E-state index contributed by atoms with van der Waals surface area (Å²) in [6, 6.07) is 24.1. The van der Waals surface area contributed by atoms with Crippen LogP contribution in [0.3, 0.4) is 0 Å². The van der Waals surface area contributed by atoms with Crippen molar-refractivity contribution in [1.82, 2.24) is 29.2 Å². The zero-order valence-corrected chi connectivity index (χ0v) is 38.2. The third kappa shape index (κ3) is 10.2. The maximum Gasteiger partial charge on any atom is 0.256 e. The van der Waals surface area contributed by atoms with Gasteiger partial charge in [-0.2, -0.15) is 10.2 Å². The van der Waals surface area contributed by atoms with Crippen LogP contribution in [0.5, 0.6) is 0 Å². The third-order valence-corrected chi connectivity index (χ3v) is 10.4. The molecule has 4 N–H and O–H groups in total. The molecular weight excluding hydrogens is 1120 g/mol. The van der Waals surface area contributed by atoms with Crippen LogP contribution in [0.25, 0.3) is 11.0 Å². The van der Waals surface area contributed by atoms with Gasteiger partial charge in [-0.1, -0.05) is 65.6 Å². The summed E-state index contributed by atoms with van der Waals surface area (Å²) in [4.78, 5) is 33.0. The number of ether oxygens (including phenoxy) is 3. The quantitative estimate of drug-likeness (QED) is 0.0962. The molecule has 0 bridgehead atoms. The smallest absolute Gasteiger partial charge is 0.256 e. The molecule has 2 radical (unpaired) electrons. The van der Waals surface area contributed by atoms with E-state index in [0.29, 0.717) is 43.8 Å². The molecule has 3 saturated heterocycles. The number of rotatable bonds is 7. The van der Waals surface area contributed by atoms with E-state index in [-0.39, 0.29) is 54.5 Å². The molecule has 60 heavy (non-hydrogen) atoms. The minimum atomic E-state index is -1.65. The summed E-state index contributed by atoms with van der Waals surface area (Å²) in [6.07, 6.45) is -3.23. The van der Waals surface area contributed by atoms with Crippen molar-refractivity contribution in [3.63, 3.8) is 0 Å². The Morgan fingerprint density at radius 3 is 1.68 bits per heavy atom. The Morgan fingerprint density at radius 2 is 1.28 bits per heavy atom. The molecule has 2 aromatic carbocycles. The molecule has 3 fully saturated rings. The molecule has 3 aliphatic heterocycles. The van der Waals surface area contributed by atoms with Gasteiger partial charge in [-0.15, -0.1) is 0 Å². The van der Waals surface area contributed by atoms with Crippen LogP contribution in [0, 0.1) is 31.1 Å². The SMILES string of the molecule is C1CCOC1.C=C1O[C@@H](c2ccc3c(NC(=O)c4ccccc4)ncnn23)[C@H](F)[C@@H]1O.O=C(Nc1ncnn2c([C@@H]3O[C@H](CI)[C@@H](O)[C@H]3F)ccc12)c1ccccc1.[2H][B].[U]. The molecule has 0 spiro atoms. The molecule has 3 aliphatic rings. The van der Waals surface area contributed by atoms with Crippen molar-refractivity contribution in [2.75, 3.05) is 28.3 Å². The molecule has 2 amide bonds. The number of carbonyl (C=O) groups excluding carboxylic acids is 2. The van der Waals surface area contributed by atoms with Crippen molar-refractivity contribution in [3.8, 4) is 0 Å². The van der Waals surface area contributed by atoms with Crippen molar-refractivity contribution >= 4 is 65.5 Å². The van der Waals surface area contributed by atoms with E-state index in [2.05, 4.69) is 68.3 Å². The van der Waals surface area contributed by atoms with E-state index in [9.17, 15) is 28.6 Å². The average Bonchev–Trinajstić information content (AvgIpc) is 4.15. The molecule has 7 atom stereocenters. The van der Waals surface area contributed by atoms with Gasteiger partial charge in [0.1, 0.15) is 47.8 Å². The minimum Gasteiger partial charge on any atom is -0.483 e. The number of halogens is 3. The molecule has 20 heteroatoms. The van der Waals surface area contributed by atoms with Crippen molar-refractivity contribution in [3.05, 3.63) is 132 Å². The number of nitrogens with one attached hydrogen (secondary N) is 2. The monoisotopic (exact) mass is 1160 g/mol. The van der Waals surface area contributed by atoms with Crippen LogP contribution in [-0.4, -0.2) is 109 Å². The first kappa shape index (κ1) is 45.2. The Hall–Kier alpha value is -4.29. The summed E-state index contributed by atoms with van der Waals surface area (Å²) in [6.45, 7) is 5.51. The summed E-state index contributed by atoms with van der Waals surface area (Å²) in [5.74, 6) is -0.0560. The molecular formula is C40H40BF2IN8O7U. The number of benzene rings is 2. The number of anilines is 2. The van der Waals surface area contributed by atoms with Gasteiger partial charge in [-0.3, -0.25) is 9.59 Å². The standard InChI is InChI=1S/C18H16FIN4O3.C18H15FN4O3.C4H8O.BH.U/c19-14-15(25)13(8-20)27-16(14)11-6-7-12-17(21-9-22-24(11)12)23-18(26)10-4-2-1-3-5-10;1-10-15(24)14(19)16(26-10)12-7-8-13-17(20-9-21-23(12)13)22-18(25)11-5-3-2-4-6-11;1-2-4-5-3-1;;/h1-7,9,13-16,25H,8H2,(H,21,22,23,26);2-9,14-16,24H,1H2,(H,20,21,22,25);1-4H2;1H;/t13-,14-,15-,16+;14-,15-,16+;;;/m11.../s1/i;;;1D;. The molecule has 0 unspecified atom stereocenters. The number of carbonyl (C=O) groups is 2. The van der Waals surface area contributed by atoms with Crippen LogP contribution in [0.2, 0.25) is 0 Å². The van der Waals surface area contributed by atoms with Crippen molar-refractivity contribution in [1.29, 1.82) is 1.34 Å². The van der Waals surface area contributed by atoms with E-state index in [1.807, 2.05) is 12.1 Å². The predicted octanol–water partition coefficient (Wildman–Crippen LogP) is 4.97. The summed E-state index contributed by atoms with van der Waals surface area (Å²) in [5, 5.41) is 33.4. The molecule has 15 nitrogen and oxygen atoms in total. The van der Waals surface area contributed by atoms with E-state index in [1.54, 1.807) is 72.8 Å². The van der Waals surface area contributed by atoms with Crippen molar-refractivity contribution in [2.45, 2.75) is 55.7 Å². The maximum absolute atomic E-state index is 14.5. The number of aromatic nitrogens is 6. The number of alkyl halides is 3. The predicted molar refractivity (Wildman–Crippen MR) is 223 cm³/mol. The van der Waals surface area contributed by atoms with Crippen LogP contribution < -0.4 is 10.6 Å². The number of nitrogens with zero attached hydrogens (tertiary/aromatic N) is 6. The van der Waals surface area contributed by atoms with E-state index in [1.165, 1.54) is 34.5 Å². The van der Waals surface area contributed by atoms with Gasteiger partial charge in [0.15, 0.2) is 30.1 Å². The fourth-order valence-electron chi connectivity index (χ4n) is 6.53. The van der Waals surface area contributed by atoms with Gasteiger partial charge in [-0.25, -0.2) is 27.8 Å². The van der Waals surface area contributed by atoms with Gasteiger partial charge < -0.3 is 35.1 Å². The number of hydrogen-bond acceptors (Lipinski definition) is 11. The second-order valence-corrected chi connectivity index (χ2v) is 14.2. The summed E-state index contributed by atoms with van der Waals surface area (Å²) < 4.78 is 53.4. The minimum absolute atomic E-state index is 0. The van der Waals surface area contributed by atoms with Crippen LogP contribution in [0.1, 0.15) is 57.2 Å². The third-order valence-electron chi connectivity index (χ3n) is 9.58. The molecule has 7 heterocycles. The number of hydrogen-bond donors (Lipinski definition) is 4. The summed E-state index contributed by atoms with van der Waals surface area (Å²) >= 11 is 2.05. The van der Waals surface area contributed by atoms with Gasteiger partial charge >= 0.3 is 0 Å². The van der Waals surface area contributed by atoms with E-state index < -0.39 is 42.9 Å². The van der Waals surface area contributed by atoms with Crippen molar-refractivity contribution in [2.24, 2.45) is 0 Å². The first-order valence-electron chi connectivity index (χ1n) is 18.9. The Labute approximate surface area is 383 Å². The Bertz CT molecular complexity index is 2380. The molecule has 6 aromatic rings. The van der Waals surface area contributed by atoms with E-state index >= 15 is 0 Å². The van der Waals surface area contributed by atoms with Gasteiger partial charge in [0.25, 0.3) is 11.8 Å². The Morgan fingerprint density at radius 1 is 0.800 bits per heavy atom. The zero-order chi connectivity index (χ0) is 42.8. The fraction of sp³-hybridized carbons (Fsp3) is 0.300. The second-order valence-electron chi connectivity index (χ2n) is 13.4. The molecule has 0 aliphatic carbocycles. The normalized spacial score (nSPS) is 23.1. The van der Waals surface area contributed by atoms with Gasteiger partial charge in [-0.05, 0) is 62.7 Å². The summed E-state index contributed by atoms with van der Waals surface area (Å²) in [7, 11) is 3.75. The number of fused-ring (bicyclic) bond motifs is 2. The number of aliphatic hydroxyl groups is 2. The van der Waals surface area contributed by atoms with Gasteiger partial charge in [0.2, 0.25) is 0 Å². The van der Waals surface area contributed by atoms with Crippen LogP contribution in [0.15, 0.2) is 110 Å². The average molecular weight is 1160 g/mol. The first-order chi connectivity index (χ1) is 29.2. The zero-order valence-electron chi connectivity index (χ0n) is 32.9. The number of amides is 2. The molecule has 0 saturated carbocycles. The van der Waals surface area contributed by atoms with Crippen LogP contribution in [-0.2, 0) is 14.2 Å². The van der Waals surface area contributed by atoms with Gasteiger partial charge in [0, 0.05) is 68.3 Å². The largest absolute Gasteiger partial charge is 0.483 e. The van der Waals surface area contributed by atoms with Crippen LogP contribution >= 0.6 is 22.6 Å². The van der Waals surface area contributed by atoms with E-state index in [4.69, 9.17) is 15.5 Å². The Kier molecular flexibility index (Phi) is 16.2. The van der Waals surface area contributed by atoms with Crippen LogP contribution in [0.4, 0.5) is 20.4 Å². The van der Waals surface area contributed by atoms with Crippen molar-refractivity contribution < 1.29 is 73.9 Å². The molecule has 4 aromatic heterocycles. The maximum atomic E-state index is 14.5.